The van der Waals surface area contributed by atoms with Gasteiger partial charge in [-0.3, -0.25) is 4.90 Å². The lowest BCUT2D eigenvalue weighted by molar-refractivity contribution is 0.310. The number of methoxy groups -OCH3 is 1. The van der Waals surface area contributed by atoms with Gasteiger partial charge in [-0.25, -0.2) is 0 Å². The summed E-state index contributed by atoms with van der Waals surface area (Å²) in [5.74, 6) is 1.51. The smallest absolute Gasteiger partial charge is 0.123 e. The van der Waals surface area contributed by atoms with Gasteiger partial charge in [-0.15, -0.1) is 0 Å². The maximum Gasteiger partial charge on any atom is 0.123 e. The Bertz CT molecular complexity index is 617. The molecule has 3 heteroatoms. The second-order valence-corrected chi connectivity index (χ2v) is 6.23. The lowest BCUT2D eigenvalue weighted by Gasteiger charge is -2.18. The van der Waals surface area contributed by atoms with Crippen molar-refractivity contribution in [3.63, 3.8) is 0 Å². The molecule has 1 aliphatic heterocycles. The van der Waals surface area contributed by atoms with Gasteiger partial charge < -0.3 is 10.5 Å². The van der Waals surface area contributed by atoms with E-state index in [1.807, 2.05) is 6.07 Å². The summed E-state index contributed by atoms with van der Waals surface area (Å²) in [6.07, 6.45) is 0. The van der Waals surface area contributed by atoms with Crippen LogP contribution in [0.1, 0.15) is 12.5 Å². The van der Waals surface area contributed by atoms with Gasteiger partial charge in [-0.05, 0) is 29.2 Å². The lowest BCUT2D eigenvalue weighted by Crippen LogP contribution is -2.28. The van der Waals surface area contributed by atoms with Gasteiger partial charge in [0.05, 0.1) is 7.11 Å². The normalized spacial score (nSPS) is 22.0. The predicted molar refractivity (Wildman–Crippen MR) is 90.8 cm³/mol. The van der Waals surface area contributed by atoms with Crippen molar-refractivity contribution in [2.45, 2.75) is 19.5 Å². The van der Waals surface area contributed by atoms with Crippen molar-refractivity contribution >= 4 is 0 Å². The first-order valence-corrected chi connectivity index (χ1v) is 7.87. The third kappa shape index (κ3) is 3.16. The van der Waals surface area contributed by atoms with Crippen LogP contribution in [0, 0.1) is 5.92 Å². The van der Waals surface area contributed by atoms with Crippen molar-refractivity contribution in [3.8, 4) is 16.9 Å². The van der Waals surface area contributed by atoms with Crippen molar-refractivity contribution in [1.29, 1.82) is 0 Å². The first-order chi connectivity index (χ1) is 10.7. The Morgan fingerprint density at radius 1 is 1.09 bits per heavy atom. The quantitative estimate of drug-likeness (QED) is 0.942. The third-order valence-corrected chi connectivity index (χ3v) is 4.53. The molecule has 2 aromatic carbocycles. The zero-order valence-corrected chi connectivity index (χ0v) is 13.3. The van der Waals surface area contributed by atoms with E-state index in [-0.39, 0.29) is 6.04 Å². The number of nitrogens with zero attached hydrogens (tertiary/aromatic N) is 1. The molecule has 1 heterocycles. The van der Waals surface area contributed by atoms with E-state index in [1.54, 1.807) is 7.11 Å². The van der Waals surface area contributed by atoms with Crippen LogP contribution in [0.25, 0.3) is 11.1 Å². The van der Waals surface area contributed by atoms with Crippen molar-refractivity contribution in [2.24, 2.45) is 11.7 Å². The molecular formula is C19H24N2O. The average Bonchev–Trinajstić information content (AvgIpc) is 2.86. The van der Waals surface area contributed by atoms with Crippen LogP contribution in [0.5, 0.6) is 5.75 Å². The number of hydrogen-bond acceptors (Lipinski definition) is 3. The molecule has 116 valence electrons. The monoisotopic (exact) mass is 296 g/mol. The fourth-order valence-electron chi connectivity index (χ4n) is 3.18. The van der Waals surface area contributed by atoms with E-state index < -0.39 is 0 Å². The summed E-state index contributed by atoms with van der Waals surface area (Å²) in [6.45, 7) is 5.13. The predicted octanol–water partition coefficient (Wildman–Crippen LogP) is 3.14. The largest absolute Gasteiger partial charge is 0.496 e. The Morgan fingerprint density at radius 2 is 1.86 bits per heavy atom. The summed E-state index contributed by atoms with van der Waals surface area (Å²) in [4.78, 5) is 2.42. The Balaban J connectivity index is 1.86. The number of ether oxygens (including phenoxy) is 1. The van der Waals surface area contributed by atoms with E-state index in [0.717, 1.165) is 25.4 Å². The number of likely N-dealkylation sites (tertiary alicyclic amines) is 1. The molecule has 2 N–H and O–H groups in total. The van der Waals surface area contributed by atoms with E-state index in [9.17, 15) is 0 Å². The minimum atomic E-state index is 0.281. The molecule has 0 radical (unpaired) electrons. The summed E-state index contributed by atoms with van der Waals surface area (Å²) in [5.41, 5.74) is 9.83. The number of nitrogens with two attached hydrogens (primary N) is 1. The summed E-state index contributed by atoms with van der Waals surface area (Å²) < 4.78 is 5.54. The molecule has 0 bridgehead atoms. The molecule has 22 heavy (non-hydrogen) atoms. The van der Waals surface area contributed by atoms with E-state index >= 15 is 0 Å². The van der Waals surface area contributed by atoms with E-state index in [1.165, 1.54) is 16.7 Å². The Labute approximate surface area is 132 Å². The summed E-state index contributed by atoms with van der Waals surface area (Å²) in [5, 5.41) is 0. The third-order valence-electron chi connectivity index (χ3n) is 4.53. The molecule has 2 unspecified atom stereocenters. The van der Waals surface area contributed by atoms with Gasteiger partial charge >= 0.3 is 0 Å². The fraction of sp³-hybridized carbons (Fsp3) is 0.368. The van der Waals surface area contributed by atoms with Gasteiger partial charge in [0.15, 0.2) is 0 Å². The maximum absolute atomic E-state index is 6.14. The molecule has 0 amide bonds. The second kappa shape index (κ2) is 6.51. The van der Waals surface area contributed by atoms with Crippen molar-refractivity contribution < 1.29 is 4.74 Å². The SMILES string of the molecule is COc1ccc(-c2ccccc2)cc1CN1CC(C)C(N)C1. The fourth-order valence-corrected chi connectivity index (χ4v) is 3.18. The first kappa shape index (κ1) is 15.1. The van der Waals surface area contributed by atoms with E-state index in [0.29, 0.717) is 5.92 Å². The summed E-state index contributed by atoms with van der Waals surface area (Å²) in [7, 11) is 1.74. The van der Waals surface area contributed by atoms with Crippen LogP contribution < -0.4 is 10.5 Å². The molecule has 3 rings (SSSR count). The molecule has 1 saturated heterocycles. The van der Waals surface area contributed by atoms with Crippen LogP contribution in [0.4, 0.5) is 0 Å². The molecule has 0 aliphatic carbocycles. The van der Waals surface area contributed by atoms with Gasteiger partial charge in [0.25, 0.3) is 0 Å². The summed E-state index contributed by atoms with van der Waals surface area (Å²) >= 11 is 0. The minimum Gasteiger partial charge on any atom is -0.496 e. The molecule has 2 aromatic rings. The van der Waals surface area contributed by atoms with Crippen LogP contribution in [0.2, 0.25) is 0 Å². The highest BCUT2D eigenvalue weighted by Gasteiger charge is 2.26. The van der Waals surface area contributed by atoms with Crippen molar-refractivity contribution in [1.82, 2.24) is 4.90 Å². The zero-order chi connectivity index (χ0) is 15.5. The molecule has 0 aromatic heterocycles. The highest BCUT2D eigenvalue weighted by Crippen LogP contribution is 2.29. The Kier molecular flexibility index (Phi) is 4.46. The Hall–Kier alpha value is -1.84. The second-order valence-electron chi connectivity index (χ2n) is 6.23. The van der Waals surface area contributed by atoms with Gasteiger partial charge in [-0.2, -0.15) is 0 Å². The van der Waals surface area contributed by atoms with Gasteiger partial charge in [0, 0.05) is 31.2 Å². The molecular weight excluding hydrogens is 272 g/mol. The standard InChI is InChI=1S/C19H24N2O/c1-14-11-21(13-18(14)20)12-17-10-16(8-9-19(17)22-2)15-6-4-3-5-7-15/h3-10,14,18H,11-13,20H2,1-2H3. The highest BCUT2D eigenvalue weighted by molar-refractivity contribution is 5.65. The van der Waals surface area contributed by atoms with Gasteiger partial charge in [0.1, 0.15) is 5.75 Å². The molecule has 3 nitrogen and oxygen atoms in total. The minimum absolute atomic E-state index is 0.281. The average molecular weight is 296 g/mol. The molecule has 1 fully saturated rings. The van der Waals surface area contributed by atoms with E-state index in [2.05, 4.69) is 54.3 Å². The lowest BCUT2D eigenvalue weighted by atomic mass is 10.0. The van der Waals surface area contributed by atoms with Gasteiger partial charge in [-0.1, -0.05) is 43.3 Å². The van der Waals surface area contributed by atoms with Crippen LogP contribution >= 0.6 is 0 Å². The van der Waals surface area contributed by atoms with Crippen LogP contribution in [-0.2, 0) is 6.54 Å². The van der Waals surface area contributed by atoms with Crippen molar-refractivity contribution in [3.05, 3.63) is 54.1 Å². The topological polar surface area (TPSA) is 38.5 Å². The van der Waals surface area contributed by atoms with Gasteiger partial charge in [0.2, 0.25) is 0 Å². The van der Waals surface area contributed by atoms with Crippen molar-refractivity contribution in [2.75, 3.05) is 20.2 Å². The van der Waals surface area contributed by atoms with Crippen LogP contribution in [0.15, 0.2) is 48.5 Å². The first-order valence-electron chi connectivity index (χ1n) is 7.87. The van der Waals surface area contributed by atoms with E-state index in [4.69, 9.17) is 10.5 Å². The van der Waals surface area contributed by atoms with Crippen LogP contribution in [-0.4, -0.2) is 31.1 Å². The zero-order valence-electron chi connectivity index (χ0n) is 13.3. The molecule has 0 spiro atoms. The summed E-state index contributed by atoms with van der Waals surface area (Å²) in [6, 6.07) is 17.2. The Morgan fingerprint density at radius 3 is 2.50 bits per heavy atom. The maximum atomic E-state index is 6.14. The molecule has 1 aliphatic rings. The highest BCUT2D eigenvalue weighted by atomic mass is 16.5. The number of rotatable bonds is 4. The number of hydrogen-bond donors (Lipinski definition) is 1. The molecule has 2 atom stereocenters. The molecule has 0 saturated carbocycles. The number of benzene rings is 2. The van der Waals surface area contributed by atoms with Crippen LogP contribution in [0.3, 0.4) is 0 Å².